The normalized spacial score (nSPS) is 16.8. The second-order valence-electron chi connectivity index (χ2n) is 5.36. The van der Waals surface area contributed by atoms with Gasteiger partial charge in [-0.1, -0.05) is 30.9 Å². The van der Waals surface area contributed by atoms with E-state index in [4.69, 9.17) is 16.3 Å². The molecule has 0 saturated heterocycles. The number of carbonyl (C=O) groups excluding carboxylic acids is 1. The first-order valence-corrected chi connectivity index (χ1v) is 7.43. The number of halogens is 2. The molecule has 120 valence electrons. The number of carboxylic acids is 1. The molecule has 5 nitrogen and oxygen atoms in total. The number of hydrogen-bond acceptors (Lipinski definition) is 3. The Morgan fingerprint density at radius 1 is 1.32 bits per heavy atom. The zero-order chi connectivity index (χ0) is 16.2. The highest BCUT2D eigenvalue weighted by atomic mass is 35.5. The van der Waals surface area contributed by atoms with Crippen LogP contribution in [0, 0.1) is 5.82 Å². The summed E-state index contributed by atoms with van der Waals surface area (Å²) in [7, 11) is 0. The van der Waals surface area contributed by atoms with Crippen molar-refractivity contribution in [2.24, 2.45) is 0 Å². The number of ether oxygens (including phenoxy) is 1. The molecule has 2 rings (SSSR count). The first-order chi connectivity index (χ1) is 10.4. The number of hydrogen-bond donors (Lipinski definition) is 2. The summed E-state index contributed by atoms with van der Waals surface area (Å²) >= 11 is 5.62. The summed E-state index contributed by atoms with van der Waals surface area (Å²) in [6.07, 6.45) is 3.32. The fourth-order valence-electron chi connectivity index (χ4n) is 2.57. The third-order valence-corrected chi connectivity index (χ3v) is 4.05. The van der Waals surface area contributed by atoms with Gasteiger partial charge in [-0.05, 0) is 25.0 Å². The lowest BCUT2D eigenvalue weighted by molar-refractivity contribution is -0.149. The van der Waals surface area contributed by atoms with Crippen molar-refractivity contribution in [2.75, 3.05) is 6.61 Å². The molecule has 2 N–H and O–H groups in total. The molecule has 0 unspecified atom stereocenters. The Morgan fingerprint density at radius 3 is 2.59 bits per heavy atom. The first-order valence-electron chi connectivity index (χ1n) is 7.05. The molecule has 1 fully saturated rings. The predicted molar refractivity (Wildman–Crippen MR) is 78.5 cm³/mol. The topological polar surface area (TPSA) is 75.6 Å². The molecular weight excluding hydrogens is 313 g/mol. The van der Waals surface area contributed by atoms with E-state index in [9.17, 15) is 19.1 Å². The van der Waals surface area contributed by atoms with Gasteiger partial charge in [0, 0.05) is 6.07 Å². The van der Waals surface area contributed by atoms with Crippen molar-refractivity contribution in [3.63, 3.8) is 0 Å². The van der Waals surface area contributed by atoms with Crippen LogP contribution in [0.1, 0.15) is 32.1 Å². The number of aliphatic carboxylic acids is 1. The average molecular weight is 330 g/mol. The van der Waals surface area contributed by atoms with Crippen LogP contribution >= 0.6 is 11.6 Å². The molecule has 1 aliphatic rings. The summed E-state index contributed by atoms with van der Waals surface area (Å²) in [4.78, 5) is 23.4. The van der Waals surface area contributed by atoms with Crippen LogP contribution in [0.25, 0.3) is 0 Å². The summed E-state index contributed by atoms with van der Waals surface area (Å²) in [6, 6.07) is 3.75. The lowest BCUT2D eigenvalue weighted by Gasteiger charge is -2.33. The average Bonchev–Trinajstić information content (AvgIpc) is 2.49. The van der Waals surface area contributed by atoms with Crippen molar-refractivity contribution < 1.29 is 23.8 Å². The highest BCUT2D eigenvalue weighted by Gasteiger charge is 2.40. The van der Waals surface area contributed by atoms with Crippen LogP contribution < -0.4 is 10.1 Å². The molecule has 0 bridgehead atoms. The molecule has 0 aromatic heterocycles. The van der Waals surface area contributed by atoms with E-state index in [2.05, 4.69) is 5.32 Å². The number of carboxylic acid groups (broad SMARTS) is 1. The van der Waals surface area contributed by atoms with Gasteiger partial charge in [0.25, 0.3) is 5.91 Å². The summed E-state index contributed by atoms with van der Waals surface area (Å²) < 4.78 is 18.2. The number of carbonyl (C=O) groups is 2. The number of benzene rings is 1. The van der Waals surface area contributed by atoms with Gasteiger partial charge in [0.1, 0.15) is 17.1 Å². The smallest absolute Gasteiger partial charge is 0.329 e. The highest BCUT2D eigenvalue weighted by Crippen LogP contribution is 2.28. The molecule has 0 radical (unpaired) electrons. The van der Waals surface area contributed by atoms with Crippen molar-refractivity contribution >= 4 is 23.5 Å². The minimum absolute atomic E-state index is 0.104. The fourth-order valence-corrected chi connectivity index (χ4v) is 2.74. The molecule has 0 heterocycles. The second-order valence-corrected chi connectivity index (χ2v) is 5.77. The predicted octanol–water partition coefficient (Wildman–Crippen LogP) is 2.76. The third-order valence-electron chi connectivity index (χ3n) is 3.76. The molecule has 1 aromatic carbocycles. The Morgan fingerprint density at radius 2 is 2.00 bits per heavy atom. The van der Waals surface area contributed by atoms with E-state index in [1.54, 1.807) is 0 Å². The van der Waals surface area contributed by atoms with Crippen LogP contribution in [0.15, 0.2) is 18.2 Å². The van der Waals surface area contributed by atoms with Crippen LogP contribution in [0.5, 0.6) is 5.75 Å². The quantitative estimate of drug-likeness (QED) is 0.871. The van der Waals surface area contributed by atoms with Crippen molar-refractivity contribution in [1.82, 2.24) is 5.32 Å². The molecule has 1 amide bonds. The van der Waals surface area contributed by atoms with Crippen LogP contribution in [0.2, 0.25) is 5.02 Å². The molecule has 0 aliphatic heterocycles. The SMILES string of the molecule is O=C(COc1ccc(F)c(Cl)c1)NC1(C(=O)O)CCCCC1. The maximum atomic E-state index is 13.0. The van der Waals surface area contributed by atoms with Crippen LogP contribution in [0.4, 0.5) is 4.39 Å². The van der Waals surface area contributed by atoms with Crippen LogP contribution in [-0.4, -0.2) is 29.1 Å². The molecule has 0 atom stereocenters. The number of nitrogens with one attached hydrogen (secondary N) is 1. The first kappa shape index (κ1) is 16.5. The molecule has 0 spiro atoms. The zero-order valence-corrected chi connectivity index (χ0v) is 12.7. The lowest BCUT2D eigenvalue weighted by Crippen LogP contribution is -2.56. The van der Waals surface area contributed by atoms with E-state index < -0.39 is 23.2 Å². The lowest BCUT2D eigenvalue weighted by atomic mass is 9.81. The van der Waals surface area contributed by atoms with Gasteiger partial charge in [0.05, 0.1) is 5.02 Å². The van der Waals surface area contributed by atoms with Crippen molar-refractivity contribution in [3.05, 3.63) is 29.0 Å². The Bertz CT molecular complexity index is 573. The highest BCUT2D eigenvalue weighted by molar-refractivity contribution is 6.30. The Kier molecular flexibility index (Phi) is 5.24. The summed E-state index contributed by atoms with van der Waals surface area (Å²) in [5, 5.41) is 11.8. The van der Waals surface area contributed by atoms with Crippen molar-refractivity contribution in [2.45, 2.75) is 37.6 Å². The van der Waals surface area contributed by atoms with Gasteiger partial charge >= 0.3 is 5.97 Å². The minimum atomic E-state index is -1.21. The third kappa shape index (κ3) is 3.88. The minimum Gasteiger partial charge on any atom is -0.484 e. The number of amides is 1. The van der Waals surface area contributed by atoms with E-state index in [0.717, 1.165) is 25.3 Å². The molecular formula is C15H17ClFNO4. The standard InChI is InChI=1S/C15H17ClFNO4/c16-11-8-10(4-5-12(11)17)22-9-13(19)18-15(14(20)21)6-2-1-3-7-15/h4-5,8H,1-3,6-7,9H2,(H,18,19)(H,20,21). The van der Waals surface area contributed by atoms with Gasteiger partial charge in [0.15, 0.2) is 6.61 Å². The molecule has 1 aliphatic carbocycles. The van der Waals surface area contributed by atoms with Crippen LogP contribution in [0.3, 0.4) is 0 Å². The van der Waals surface area contributed by atoms with Gasteiger partial charge < -0.3 is 15.2 Å². The van der Waals surface area contributed by atoms with Gasteiger partial charge in [-0.3, -0.25) is 4.79 Å². The van der Waals surface area contributed by atoms with E-state index >= 15 is 0 Å². The fraction of sp³-hybridized carbons (Fsp3) is 0.467. The maximum Gasteiger partial charge on any atom is 0.329 e. The van der Waals surface area contributed by atoms with E-state index in [0.29, 0.717) is 12.8 Å². The van der Waals surface area contributed by atoms with Crippen molar-refractivity contribution in [1.29, 1.82) is 0 Å². The Balaban J connectivity index is 1.94. The van der Waals surface area contributed by atoms with Crippen LogP contribution in [-0.2, 0) is 9.59 Å². The zero-order valence-electron chi connectivity index (χ0n) is 11.9. The van der Waals surface area contributed by atoms with Gasteiger partial charge in [-0.15, -0.1) is 0 Å². The van der Waals surface area contributed by atoms with E-state index in [-0.39, 0.29) is 17.4 Å². The van der Waals surface area contributed by atoms with E-state index in [1.165, 1.54) is 12.1 Å². The monoisotopic (exact) mass is 329 g/mol. The van der Waals surface area contributed by atoms with Gasteiger partial charge in [-0.25, -0.2) is 9.18 Å². The Hall–Kier alpha value is -1.82. The largest absolute Gasteiger partial charge is 0.484 e. The van der Waals surface area contributed by atoms with Gasteiger partial charge in [-0.2, -0.15) is 0 Å². The number of rotatable bonds is 5. The maximum absolute atomic E-state index is 13.0. The van der Waals surface area contributed by atoms with E-state index in [1.807, 2.05) is 0 Å². The molecule has 1 saturated carbocycles. The Labute approximate surface area is 132 Å². The molecule has 1 aromatic rings. The summed E-state index contributed by atoms with van der Waals surface area (Å²) in [6.45, 7) is -0.350. The van der Waals surface area contributed by atoms with Crippen molar-refractivity contribution in [3.8, 4) is 5.75 Å². The summed E-state index contributed by atoms with van der Waals surface area (Å²) in [5.41, 5.74) is -1.21. The molecule has 22 heavy (non-hydrogen) atoms. The van der Waals surface area contributed by atoms with Gasteiger partial charge in [0.2, 0.25) is 0 Å². The molecule has 7 heteroatoms. The second kappa shape index (κ2) is 6.96. The summed E-state index contributed by atoms with van der Waals surface area (Å²) in [5.74, 6) is -1.88.